The molecular formula is C23H23N3O5S. The molecule has 0 saturated carbocycles. The number of methoxy groups -OCH3 is 2. The smallest absolute Gasteiger partial charge is 0.340 e. The van der Waals surface area contributed by atoms with Gasteiger partial charge in [0.1, 0.15) is 6.61 Å². The van der Waals surface area contributed by atoms with Crippen LogP contribution in [0.3, 0.4) is 0 Å². The van der Waals surface area contributed by atoms with Crippen LogP contribution in [0.2, 0.25) is 0 Å². The molecule has 0 unspecified atom stereocenters. The van der Waals surface area contributed by atoms with Crippen LogP contribution in [-0.2, 0) is 4.74 Å². The highest BCUT2D eigenvalue weighted by Gasteiger charge is 2.25. The van der Waals surface area contributed by atoms with E-state index in [0.717, 1.165) is 0 Å². The van der Waals surface area contributed by atoms with Crippen molar-refractivity contribution in [1.82, 2.24) is 15.0 Å². The van der Waals surface area contributed by atoms with Gasteiger partial charge in [-0.15, -0.1) is 6.58 Å². The van der Waals surface area contributed by atoms with E-state index in [1.165, 1.54) is 32.1 Å². The molecule has 8 nitrogen and oxygen atoms in total. The molecule has 0 bridgehead atoms. The number of aromatic nitrogens is 3. The zero-order valence-corrected chi connectivity index (χ0v) is 18.9. The third-order valence-electron chi connectivity index (χ3n) is 4.56. The van der Waals surface area contributed by atoms with Crippen LogP contribution in [0.1, 0.15) is 16.1 Å². The average molecular weight is 454 g/mol. The van der Waals surface area contributed by atoms with Crippen molar-refractivity contribution < 1.29 is 19.0 Å². The SMILES string of the molecule is C=CCOC(=O)c1c(C)nc2nc(SCC=C)[nH]c(=O)c2c1-c1ccc(OC)c(OC)c1. The van der Waals surface area contributed by atoms with Crippen molar-refractivity contribution in [3.63, 3.8) is 0 Å². The van der Waals surface area contributed by atoms with Gasteiger partial charge in [0, 0.05) is 11.3 Å². The molecule has 2 heterocycles. The molecule has 0 spiro atoms. The monoisotopic (exact) mass is 453 g/mol. The summed E-state index contributed by atoms with van der Waals surface area (Å²) < 4.78 is 16.0. The molecule has 0 fully saturated rings. The Morgan fingerprint density at radius 2 is 1.91 bits per heavy atom. The van der Waals surface area contributed by atoms with Gasteiger partial charge < -0.3 is 19.2 Å². The van der Waals surface area contributed by atoms with Crippen LogP contribution in [0.15, 0.2) is 53.5 Å². The lowest BCUT2D eigenvalue weighted by atomic mass is 9.95. The Balaban J connectivity index is 2.37. The fraction of sp³-hybridized carbons (Fsp3) is 0.217. The zero-order chi connectivity index (χ0) is 23.3. The van der Waals surface area contributed by atoms with E-state index in [1.807, 2.05) is 0 Å². The molecule has 1 N–H and O–H groups in total. The Labute approximate surface area is 189 Å². The predicted octanol–water partition coefficient (Wildman–Crippen LogP) is 3.93. The number of carbonyl (C=O) groups excluding carboxylic acids is 1. The number of thioether (sulfide) groups is 1. The summed E-state index contributed by atoms with van der Waals surface area (Å²) in [6.07, 6.45) is 3.18. The van der Waals surface area contributed by atoms with Crippen molar-refractivity contribution in [3.8, 4) is 22.6 Å². The van der Waals surface area contributed by atoms with E-state index in [2.05, 4.69) is 28.1 Å². The summed E-state index contributed by atoms with van der Waals surface area (Å²) in [6, 6.07) is 5.13. The van der Waals surface area contributed by atoms with Gasteiger partial charge >= 0.3 is 5.97 Å². The number of aryl methyl sites for hydroxylation is 1. The maximum atomic E-state index is 13.1. The lowest BCUT2D eigenvalue weighted by Crippen LogP contribution is -2.17. The van der Waals surface area contributed by atoms with E-state index in [0.29, 0.717) is 39.2 Å². The molecule has 0 amide bonds. The van der Waals surface area contributed by atoms with Crippen molar-refractivity contribution in [2.24, 2.45) is 0 Å². The Morgan fingerprint density at radius 1 is 1.16 bits per heavy atom. The highest BCUT2D eigenvalue weighted by atomic mass is 32.2. The summed E-state index contributed by atoms with van der Waals surface area (Å²) in [5.41, 5.74) is 1.28. The Bertz CT molecular complexity index is 1250. The minimum Gasteiger partial charge on any atom is -0.493 e. The van der Waals surface area contributed by atoms with Gasteiger partial charge in [-0.1, -0.05) is 36.6 Å². The van der Waals surface area contributed by atoms with Crippen LogP contribution in [0.5, 0.6) is 11.5 Å². The molecule has 0 aliphatic heterocycles. The third-order valence-corrected chi connectivity index (χ3v) is 5.43. The highest BCUT2D eigenvalue weighted by Crippen LogP contribution is 2.37. The van der Waals surface area contributed by atoms with Gasteiger partial charge in [-0.2, -0.15) is 0 Å². The largest absolute Gasteiger partial charge is 0.493 e. The second-order valence-corrected chi connectivity index (χ2v) is 7.58. The number of rotatable bonds is 9. The number of esters is 1. The summed E-state index contributed by atoms with van der Waals surface area (Å²) >= 11 is 1.33. The maximum Gasteiger partial charge on any atom is 0.340 e. The molecule has 0 aliphatic rings. The molecule has 0 radical (unpaired) electrons. The van der Waals surface area contributed by atoms with Gasteiger partial charge in [0.2, 0.25) is 0 Å². The van der Waals surface area contributed by atoms with Crippen LogP contribution in [-0.4, -0.2) is 47.5 Å². The quantitative estimate of drug-likeness (QED) is 0.225. The Morgan fingerprint density at radius 3 is 2.56 bits per heavy atom. The van der Waals surface area contributed by atoms with Crippen LogP contribution in [0.25, 0.3) is 22.2 Å². The first-order chi connectivity index (χ1) is 15.4. The van der Waals surface area contributed by atoms with Gasteiger partial charge in [0.15, 0.2) is 22.3 Å². The molecule has 1 aromatic carbocycles. The zero-order valence-electron chi connectivity index (χ0n) is 18.1. The van der Waals surface area contributed by atoms with Crippen molar-refractivity contribution in [1.29, 1.82) is 0 Å². The number of ether oxygens (including phenoxy) is 3. The van der Waals surface area contributed by atoms with Gasteiger partial charge in [-0.3, -0.25) is 4.79 Å². The molecule has 32 heavy (non-hydrogen) atoms. The van der Waals surface area contributed by atoms with Gasteiger partial charge in [0.05, 0.1) is 30.9 Å². The number of H-pyrrole nitrogens is 1. The fourth-order valence-corrected chi connectivity index (χ4v) is 3.80. The second kappa shape index (κ2) is 10.1. The number of fused-ring (bicyclic) bond motifs is 1. The van der Waals surface area contributed by atoms with Crippen molar-refractivity contribution >= 4 is 28.8 Å². The minimum absolute atomic E-state index is 0.0213. The number of hydrogen-bond acceptors (Lipinski definition) is 8. The summed E-state index contributed by atoms with van der Waals surface area (Å²) in [5.74, 6) is 0.908. The topological polar surface area (TPSA) is 103 Å². The normalized spacial score (nSPS) is 10.6. The average Bonchev–Trinajstić information content (AvgIpc) is 2.79. The summed E-state index contributed by atoms with van der Waals surface area (Å²) in [4.78, 5) is 37.8. The number of nitrogens with one attached hydrogen (secondary N) is 1. The number of carbonyl (C=O) groups is 1. The molecule has 0 saturated heterocycles. The first-order valence-electron chi connectivity index (χ1n) is 9.63. The number of hydrogen-bond donors (Lipinski definition) is 1. The van der Waals surface area contributed by atoms with Crippen molar-refractivity contribution in [2.45, 2.75) is 12.1 Å². The van der Waals surface area contributed by atoms with E-state index in [9.17, 15) is 9.59 Å². The molecule has 2 aromatic heterocycles. The Hall–Kier alpha value is -3.59. The highest BCUT2D eigenvalue weighted by molar-refractivity contribution is 7.99. The van der Waals surface area contributed by atoms with E-state index in [1.54, 1.807) is 31.2 Å². The van der Waals surface area contributed by atoms with Crippen LogP contribution in [0, 0.1) is 6.92 Å². The first kappa shape index (κ1) is 23.1. The maximum absolute atomic E-state index is 13.1. The molecule has 9 heteroatoms. The molecule has 166 valence electrons. The number of aromatic amines is 1. The number of benzene rings is 1. The van der Waals surface area contributed by atoms with Crippen LogP contribution >= 0.6 is 11.8 Å². The third kappa shape index (κ3) is 4.52. The van der Waals surface area contributed by atoms with Crippen molar-refractivity contribution in [2.75, 3.05) is 26.6 Å². The van der Waals surface area contributed by atoms with E-state index < -0.39 is 11.5 Å². The minimum atomic E-state index is -0.619. The molecule has 0 atom stereocenters. The van der Waals surface area contributed by atoms with Gasteiger partial charge in [-0.05, 0) is 24.6 Å². The molecular weight excluding hydrogens is 430 g/mol. The molecule has 0 aliphatic carbocycles. The Kier molecular flexibility index (Phi) is 7.32. The first-order valence-corrected chi connectivity index (χ1v) is 10.6. The predicted molar refractivity (Wildman–Crippen MR) is 125 cm³/mol. The van der Waals surface area contributed by atoms with Crippen LogP contribution < -0.4 is 15.0 Å². The lowest BCUT2D eigenvalue weighted by Gasteiger charge is -2.16. The second-order valence-electron chi connectivity index (χ2n) is 6.57. The number of pyridine rings is 1. The van der Waals surface area contributed by atoms with E-state index in [4.69, 9.17) is 14.2 Å². The summed E-state index contributed by atoms with van der Waals surface area (Å²) in [7, 11) is 3.03. The molecule has 3 aromatic rings. The molecule has 3 rings (SSSR count). The van der Waals surface area contributed by atoms with E-state index >= 15 is 0 Å². The fourth-order valence-electron chi connectivity index (χ4n) is 3.21. The number of nitrogens with zero attached hydrogens (tertiary/aromatic N) is 2. The summed E-state index contributed by atoms with van der Waals surface area (Å²) in [6.45, 7) is 8.94. The van der Waals surface area contributed by atoms with Crippen LogP contribution in [0.4, 0.5) is 0 Å². The van der Waals surface area contributed by atoms with Gasteiger partial charge in [0.25, 0.3) is 5.56 Å². The standard InChI is InChI=1S/C23H23N3O5S/c1-6-10-31-22(28)17-13(3)24-20-19(21(27)26-23(25-20)32-11-7-2)18(17)14-8-9-15(29-4)16(12-14)30-5/h6-9,12H,1-2,10-11H2,3-5H3,(H,24,25,26,27). The van der Waals surface area contributed by atoms with E-state index in [-0.39, 0.29) is 23.2 Å². The summed E-state index contributed by atoms with van der Waals surface area (Å²) in [5, 5.41) is 0.589. The lowest BCUT2D eigenvalue weighted by molar-refractivity contribution is 0.0549. The van der Waals surface area contributed by atoms with Crippen molar-refractivity contribution in [3.05, 3.63) is 65.1 Å². The van der Waals surface area contributed by atoms with Gasteiger partial charge in [-0.25, -0.2) is 14.8 Å².